The first-order valence-corrected chi connectivity index (χ1v) is 11.5. The van der Waals surface area contributed by atoms with E-state index in [1.54, 1.807) is 19.1 Å². The second kappa shape index (κ2) is 11.4. The topological polar surface area (TPSA) is 131 Å². The Morgan fingerprint density at radius 3 is 2.28 bits per heavy atom. The van der Waals surface area contributed by atoms with Crippen LogP contribution in [0, 0.1) is 6.92 Å². The molecule has 36 heavy (non-hydrogen) atoms. The van der Waals surface area contributed by atoms with Crippen molar-refractivity contribution in [1.29, 1.82) is 0 Å². The maximum atomic E-state index is 12.7. The van der Waals surface area contributed by atoms with Crippen LogP contribution in [-0.4, -0.2) is 45.6 Å². The lowest BCUT2D eigenvalue weighted by molar-refractivity contribution is -0.139. The predicted molar refractivity (Wildman–Crippen MR) is 134 cm³/mol. The van der Waals surface area contributed by atoms with Crippen molar-refractivity contribution in [2.24, 2.45) is 0 Å². The maximum absolute atomic E-state index is 12.7. The van der Waals surface area contributed by atoms with Crippen molar-refractivity contribution in [3.63, 3.8) is 0 Å². The molecule has 9 nitrogen and oxygen atoms in total. The fourth-order valence-corrected chi connectivity index (χ4v) is 3.34. The van der Waals surface area contributed by atoms with Crippen LogP contribution < -0.4 is 10.6 Å². The zero-order chi connectivity index (χ0) is 26.3. The van der Waals surface area contributed by atoms with Gasteiger partial charge in [0.25, 0.3) is 5.91 Å². The third-order valence-electron chi connectivity index (χ3n) is 5.50. The molecule has 0 saturated carbocycles. The Kier molecular flexibility index (Phi) is 8.37. The molecule has 188 valence electrons. The van der Waals surface area contributed by atoms with E-state index in [1.807, 2.05) is 42.5 Å². The van der Waals surface area contributed by atoms with E-state index in [2.05, 4.69) is 41.4 Å². The van der Waals surface area contributed by atoms with Gasteiger partial charge in [0.1, 0.15) is 12.6 Å². The van der Waals surface area contributed by atoms with Crippen LogP contribution in [0.2, 0.25) is 0 Å². The van der Waals surface area contributed by atoms with Crippen LogP contribution in [-0.2, 0) is 21.6 Å². The first kappa shape index (κ1) is 26.3. The number of carboxylic acids is 1. The van der Waals surface area contributed by atoms with Gasteiger partial charge < -0.3 is 20.5 Å². The third kappa shape index (κ3) is 7.11. The Morgan fingerprint density at radius 1 is 1.03 bits per heavy atom. The molecular weight excluding hydrogens is 460 g/mol. The van der Waals surface area contributed by atoms with Gasteiger partial charge in [0.2, 0.25) is 0 Å². The van der Waals surface area contributed by atoms with Crippen molar-refractivity contribution in [3.8, 4) is 11.4 Å². The van der Waals surface area contributed by atoms with E-state index in [9.17, 15) is 19.5 Å². The van der Waals surface area contributed by atoms with E-state index < -0.39 is 24.0 Å². The Bertz CT molecular complexity index is 1220. The summed E-state index contributed by atoms with van der Waals surface area (Å²) >= 11 is 0. The number of carboxylic acid groups (broad SMARTS) is 1. The maximum Gasteiger partial charge on any atom is 0.407 e. The molecular formula is C27H30N4O5. The van der Waals surface area contributed by atoms with Gasteiger partial charge in [0.05, 0.1) is 17.8 Å². The summed E-state index contributed by atoms with van der Waals surface area (Å²) in [5.41, 5.74) is 3.33. The summed E-state index contributed by atoms with van der Waals surface area (Å²) in [6.07, 6.45) is 0.575. The molecule has 1 atom stereocenters. The molecule has 3 N–H and O–H groups in total. The largest absolute Gasteiger partial charge is 0.480 e. The number of hydrogen-bond acceptors (Lipinski definition) is 6. The van der Waals surface area contributed by atoms with Crippen molar-refractivity contribution >= 4 is 18.0 Å². The highest BCUT2D eigenvalue weighted by Crippen LogP contribution is 2.25. The summed E-state index contributed by atoms with van der Waals surface area (Å²) in [6.45, 7) is 7.72. The standard InChI is InChI=1S/C27H30N4O5/c1-17-21(14-28-23(30-17)19-10-12-20(13-11-19)27(2,3)4)24(32)31-22(25(33)34)15-29-26(35)36-16-18-8-6-5-7-9-18/h5-14,22H,15-16H2,1-4H3,(H,29,35)(H,31,32)(H,33,34)/t22-/m0/s1. The zero-order valence-corrected chi connectivity index (χ0v) is 20.7. The van der Waals surface area contributed by atoms with Crippen molar-refractivity contribution in [1.82, 2.24) is 20.6 Å². The molecule has 0 saturated heterocycles. The fourth-order valence-electron chi connectivity index (χ4n) is 3.34. The number of ether oxygens (including phenoxy) is 1. The minimum absolute atomic E-state index is 0.0193. The van der Waals surface area contributed by atoms with Gasteiger partial charge in [-0.2, -0.15) is 0 Å². The molecule has 2 amide bonds. The smallest absolute Gasteiger partial charge is 0.407 e. The highest BCUT2D eigenvalue weighted by atomic mass is 16.5. The van der Waals surface area contributed by atoms with E-state index in [0.29, 0.717) is 11.5 Å². The number of benzene rings is 2. The third-order valence-corrected chi connectivity index (χ3v) is 5.50. The number of nitrogens with zero attached hydrogens (tertiary/aromatic N) is 2. The number of hydrogen-bond donors (Lipinski definition) is 3. The van der Waals surface area contributed by atoms with E-state index in [0.717, 1.165) is 11.1 Å². The predicted octanol–water partition coefficient (Wildman–Crippen LogP) is 3.86. The number of amides is 2. The fraction of sp³-hybridized carbons (Fsp3) is 0.296. The molecule has 0 radical (unpaired) electrons. The summed E-state index contributed by atoms with van der Waals surface area (Å²) in [5.74, 6) is -1.50. The lowest BCUT2D eigenvalue weighted by atomic mass is 9.87. The summed E-state index contributed by atoms with van der Waals surface area (Å²) < 4.78 is 5.07. The van der Waals surface area contributed by atoms with Gasteiger partial charge in [0, 0.05) is 11.8 Å². The van der Waals surface area contributed by atoms with Crippen molar-refractivity contribution in [2.45, 2.75) is 45.8 Å². The number of aliphatic carboxylic acids is 1. The molecule has 1 heterocycles. The second-order valence-corrected chi connectivity index (χ2v) is 9.33. The van der Waals surface area contributed by atoms with Gasteiger partial charge in [-0.15, -0.1) is 0 Å². The Morgan fingerprint density at radius 2 is 1.69 bits per heavy atom. The molecule has 0 fully saturated rings. The number of aryl methyl sites for hydroxylation is 1. The summed E-state index contributed by atoms with van der Waals surface area (Å²) in [6, 6.07) is 15.6. The number of rotatable bonds is 8. The van der Waals surface area contributed by atoms with Gasteiger partial charge in [0.15, 0.2) is 5.82 Å². The van der Waals surface area contributed by atoms with Crippen LogP contribution in [0.25, 0.3) is 11.4 Å². The molecule has 0 unspecified atom stereocenters. The van der Waals surface area contributed by atoms with Crippen LogP contribution >= 0.6 is 0 Å². The van der Waals surface area contributed by atoms with E-state index in [1.165, 1.54) is 11.8 Å². The molecule has 0 aliphatic heterocycles. The second-order valence-electron chi connectivity index (χ2n) is 9.33. The van der Waals surface area contributed by atoms with Gasteiger partial charge >= 0.3 is 12.1 Å². The molecule has 2 aromatic carbocycles. The van der Waals surface area contributed by atoms with Crippen LogP contribution in [0.1, 0.15) is 48.0 Å². The van der Waals surface area contributed by atoms with E-state index in [4.69, 9.17) is 4.74 Å². The Labute approximate surface area is 209 Å². The molecule has 0 spiro atoms. The van der Waals surface area contributed by atoms with Crippen molar-refractivity contribution in [3.05, 3.63) is 83.2 Å². The van der Waals surface area contributed by atoms with Gasteiger partial charge in [-0.25, -0.2) is 19.6 Å². The number of carbonyl (C=O) groups is 3. The lowest BCUT2D eigenvalue weighted by Crippen LogP contribution is -2.48. The van der Waals surface area contributed by atoms with Crippen molar-refractivity contribution in [2.75, 3.05) is 6.54 Å². The number of nitrogens with one attached hydrogen (secondary N) is 2. The minimum Gasteiger partial charge on any atom is -0.480 e. The first-order valence-electron chi connectivity index (χ1n) is 11.5. The summed E-state index contributed by atoms with van der Waals surface area (Å²) in [7, 11) is 0. The summed E-state index contributed by atoms with van der Waals surface area (Å²) in [4.78, 5) is 45.0. The quantitative estimate of drug-likeness (QED) is 0.437. The number of carbonyl (C=O) groups excluding carboxylic acids is 2. The van der Waals surface area contributed by atoms with Gasteiger partial charge in [-0.1, -0.05) is 75.4 Å². The number of alkyl carbamates (subject to hydrolysis) is 1. The average Bonchev–Trinajstić information content (AvgIpc) is 2.85. The SMILES string of the molecule is Cc1nc(-c2ccc(C(C)(C)C)cc2)ncc1C(=O)N[C@@H](CNC(=O)OCc1ccccc1)C(=O)O. The van der Waals surface area contributed by atoms with Gasteiger partial charge in [-0.3, -0.25) is 4.79 Å². The molecule has 1 aromatic heterocycles. The van der Waals surface area contributed by atoms with Crippen LogP contribution in [0.15, 0.2) is 60.8 Å². The molecule has 0 aliphatic carbocycles. The molecule has 3 rings (SSSR count). The average molecular weight is 491 g/mol. The Hall–Kier alpha value is -4.27. The van der Waals surface area contributed by atoms with Crippen molar-refractivity contribution < 1.29 is 24.2 Å². The lowest BCUT2D eigenvalue weighted by Gasteiger charge is -2.19. The Balaban J connectivity index is 1.60. The molecule has 9 heteroatoms. The van der Waals surface area contributed by atoms with Crippen LogP contribution in [0.5, 0.6) is 0 Å². The normalized spacial score (nSPS) is 11.9. The van der Waals surface area contributed by atoms with Crippen LogP contribution in [0.3, 0.4) is 0 Å². The minimum atomic E-state index is -1.37. The first-order chi connectivity index (χ1) is 17.0. The number of aromatic nitrogens is 2. The summed E-state index contributed by atoms with van der Waals surface area (Å²) in [5, 5.41) is 14.3. The zero-order valence-electron chi connectivity index (χ0n) is 20.7. The van der Waals surface area contributed by atoms with E-state index >= 15 is 0 Å². The monoisotopic (exact) mass is 490 g/mol. The van der Waals surface area contributed by atoms with Crippen LogP contribution in [0.4, 0.5) is 4.79 Å². The highest BCUT2D eigenvalue weighted by Gasteiger charge is 2.23. The highest BCUT2D eigenvalue weighted by molar-refractivity contribution is 5.97. The van der Waals surface area contributed by atoms with Gasteiger partial charge in [-0.05, 0) is 23.5 Å². The van der Waals surface area contributed by atoms with E-state index in [-0.39, 0.29) is 24.1 Å². The molecule has 0 aliphatic rings. The molecule has 0 bridgehead atoms. The molecule has 3 aromatic rings.